The van der Waals surface area contributed by atoms with Crippen LogP contribution in [0.4, 0.5) is 11.8 Å². The molecule has 9 heteroatoms. The number of pyridine rings is 2. The Balaban J connectivity index is 1.19. The third-order valence-electron chi connectivity index (χ3n) is 5.75. The number of carbonyl (C=O) groups excluding carboxylic acids is 1. The molecule has 0 spiro atoms. The molecular weight excluding hydrogens is 406 g/mol. The van der Waals surface area contributed by atoms with Gasteiger partial charge in [-0.3, -0.25) is 9.78 Å². The molecule has 9 nitrogen and oxygen atoms in total. The van der Waals surface area contributed by atoms with Crippen molar-refractivity contribution in [3.8, 4) is 11.3 Å². The first-order valence-corrected chi connectivity index (χ1v) is 10.8. The highest BCUT2D eigenvalue weighted by atomic mass is 16.5. The van der Waals surface area contributed by atoms with Gasteiger partial charge in [-0.1, -0.05) is 0 Å². The number of nitrogens with zero attached hydrogens (tertiary/aromatic N) is 6. The largest absolute Gasteiger partial charge is 0.378 e. The summed E-state index contributed by atoms with van der Waals surface area (Å²) in [5, 5.41) is 3.12. The molecular formula is C23H25N7O2. The molecule has 5 heterocycles. The van der Waals surface area contributed by atoms with E-state index in [1.54, 1.807) is 24.8 Å². The molecule has 3 aromatic rings. The molecule has 0 radical (unpaired) electrons. The second-order valence-corrected chi connectivity index (χ2v) is 7.89. The smallest absolute Gasteiger partial charge is 0.253 e. The van der Waals surface area contributed by atoms with E-state index in [1.165, 1.54) is 0 Å². The Morgan fingerprint density at radius 2 is 1.91 bits per heavy atom. The maximum absolute atomic E-state index is 12.7. The summed E-state index contributed by atoms with van der Waals surface area (Å²) in [4.78, 5) is 34.7. The number of amides is 1. The average molecular weight is 432 g/mol. The van der Waals surface area contributed by atoms with Crippen LogP contribution in [0.3, 0.4) is 0 Å². The minimum absolute atomic E-state index is 0.0343. The Morgan fingerprint density at radius 1 is 1.00 bits per heavy atom. The lowest BCUT2D eigenvalue weighted by Crippen LogP contribution is -2.38. The molecule has 3 aromatic heterocycles. The van der Waals surface area contributed by atoms with E-state index >= 15 is 0 Å². The van der Waals surface area contributed by atoms with Gasteiger partial charge in [-0.15, -0.1) is 0 Å². The third-order valence-corrected chi connectivity index (χ3v) is 5.75. The molecule has 1 amide bonds. The summed E-state index contributed by atoms with van der Waals surface area (Å²) in [7, 11) is 0. The van der Waals surface area contributed by atoms with E-state index in [4.69, 9.17) is 4.74 Å². The summed E-state index contributed by atoms with van der Waals surface area (Å²) < 4.78 is 5.38. The molecule has 2 saturated heterocycles. The number of aromatic nitrogens is 4. The molecule has 0 aliphatic carbocycles. The van der Waals surface area contributed by atoms with Crippen molar-refractivity contribution in [3.63, 3.8) is 0 Å². The van der Waals surface area contributed by atoms with Crippen LogP contribution in [0.15, 0.2) is 55.1 Å². The molecule has 1 unspecified atom stereocenters. The first-order chi connectivity index (χ1) is 15.8. The van der Waals surface area contributed by atoms with Crippen molar-refractivity contribution in [2.75, 3.05) is 49.2 Å². The van der Waals surface area contributed by atoms with Crippen LogP contribution in [0.5, 0.6) is 0 Å². The van der Waals surface area contributed by atoms with Crippen LogP contribution in [0.25, 0.3) is 11.3 Å². The van der Waals surface area contributed by atoms with Crippen LogP contribution in [0.1, 0.15) is 16.8 Å². The van der Waals surface area contributed by atoms with E-state index in [1.807, 2.05) is 30.3 Å². The monoisotopic (exact) mass is 431 g/mol. The minimum atomic E-state index is -0.108. The highest BCUT2D eigenvalue weighted by Crippen LogP contribution is 2.21. The van der Waals surface area contributed by atoms with Gasteiger partial charge in [0.25, 0.3) is 5.91 Å². The summed E-state index contributed by atoms with van der Waals surface area (Å²) in [6.45, 7) is 4.51. The Kier molecular flexibility index (Phi) is 5.89. The number of hydrogen-bond acceptors (Lipinski definition) is 8. The molecule has 1 atom stereocenters. The first kappa shape index (κ1) is 20.3. The Bertz CT molecular complexity index is 1060. The van der Waals surface area contributed by atoms with Gasteiger partial charge >= 0.3 is 0 Å². The molecule has 2 fully saturated rings. The van der Waals surface area contributed by atoms with Crippen molar-refractivity contribution in [3.05, 3.63) is 60.7 Å². The van der Waals surface area contributed by atoms with E-state index < -0.39 is 0 Å². The summed E-state index contributed by atoms with van der Waals surface area (Å²) >= 11 is 0. The lowest BCUT2D eigenvalue weighted by Gasteiger charge is -2.27. The number of ether oxygens (including phenoxy) is 1. The highest BCUT2D eigenvalue weighted by molar-refractivity contribution is 5.94. The van der Waals surface area contributed by atoms with E-state index in [2.05, 4.69) is 35.1 Å². The Labute approximate surface area is 186 Å². The molecule has 32 heavy (non-hydrogen) atoms. The fourth-order valence-electron chi connectivity index (χ4n) is 4.00. The fraction of sp³-hybridized carbons (Fsp3) is 0.348. The standard InChI is InChI=1S/C23H25N7O2/c31-22(18-3-4-21(26-15-18)29-10-12-32-13-11-29)27-19-6-9-30(16-19)23-25-8-5-20(28-23)17-2-1-7-24-14-17/h1-5,7-8,14-15,19H,6,9-13,16H2,(H,27,31). The van der Waals surface area contributed by atoms with Crippen molar-refractivity contribution in [2.24, 2.45) is 0 Å². The van der Waals surface area contributed by atoms with Crippen LogP contribution in [-0.2, 0) is 4.74 Å². The van der Waals surface area contributed by atoms with Gasteiger partial charge in [0.1, 0.15) is 5.82 Å². The number of carbonyl (C=O) groups is 1. The summed E-state index contributed by atoms with van der Waals surface area (Å²) in [5.41, 5.74) is 2.35. The summed E-state index contributed by atoms with van der Waals surface area (Å²) in [6, 6.07) is 9.51. The quantitative estimate of drug-likeness (QED) is 0.653. The third kappa shape index (κ3) is 4.52. The van der Waals surface area contributed by atoms with Crippen molar-refractivity contribution in [1.29, 1.82) is 0 Å². The summed E-state index contributed by atoms with van der Waals surface area (Å²) in [6.07, 6.45) is 7.78. The van der Waals surface area contributed by atoms with E-state index in [-0.39, 0.29) is 11.9 Å². The van der Waals surface area contributed by atoms with E-state index in [0.29, 0.717) is 31.3 Å². The predicted molar refractivity (Wildman–Crippen MR) is 121 cm³/mol. The molecule has 164 valence electrons. The molecule has 0 bridgehead atoms. The van der Waals surface area contributed by atoms with Gasteiger partial charge in [-0.25, -0.2) is 15.0 Å². The van der Waals surface area contributed by atoms with Crippen LogP contribution < -0.4 is 15.1 Å². The van der Waals surface area contributed by atoms with Crippen LogP contribution in [-0.4, -0.2) is 71.3 Å². The van der Waals surface area contributed by atoms with Gasteiger partial charge in [0.05, 0.1) is 24.5 Å². The molecule has 2 aliphatic heterocycles. The van der Waals surface area contributed by atoms with Gasteiger partial charge in [-0.2, -0.15) is 0 Å². The highest BCUT2D eigenvalue weighted by Gasteiger charge is 2.26. The second kappa shape index (κ2) is 9.27. The van der Waals surface area contributed by atoms with Crippen LogP contribution in [0.2, 0.25) is 0 Å². The zero-order valence-corrected chi connectivity index (χ0v) is 17.7. The maximum atomic E-state index is 12.7. The zero-order chi connectivity index (χ0) is 21.8. The number of nitrogens with one attached hydrogen (secondary N) is 1. The van der Waals surface area contributed by atoms with E-state index in [0.717, 1.165) is 43.1 Å². The number of hydrogen-bond donors (Lipinski definition) is 1. The normalized spacial score (nSPS) is 18.6. The maximum Gasteiger partial charge on any atom is 0.253 e. The Morgan fingerprint density at radius 3 is 2.69 bits per heavy atom. The van der Waals surface area contributed by atoms with E-state index in [9.17, 15) is 4.79 Å². The SMILES string of the molecule is O=C(NC1CCN(c2nccc(-c3cccnc3)n2)C1)c1ccc(N2CCOCC2)nc1. The minimum Gasteiger partial charge on any atom is -0.378 e. The van der Waals surface area contributed by atoms with Gasteiger partial charge in [0.15, 0.2) is 0 Å². The van der Waals surface area contributed by atoms with Crippen LogP contribution >= 0.6 is 0 Å². The number of morpholine rings is 1. The van der Waals surface area contributed by atoms with Gasteiger partial charge in [-0.05, 0) is 36.8 Å². The topological polar surface area (TPSA) is 96.4 Å². The lowest BCUT2D eigenvalue weighted by molar-refractivity contribution is 0.0940. The van der Waals surface area contributed by atoms with Crippen LogP contribution in [0, 0.1) is 0 Å². The zero-order valence-electron chi connectivity index (χ0n) is 17.7. The number of anilines is 2. The average Bonchev–Trinajstić information content (AvgIpc) is 3.34. The molecule has 0 aromatic carbocycles. The van der Waals surface area contributed by atoms with Crippen molar-refractivity contribution < 1.29 is 9.53 Å². The van der Waals surface area contributed by atoms with Crippen molar-refractivity contribution in [2.45, 2.75) is 12.5 Å². The van der Waals surface area contributed by atoms with Crippen molar-refractivity contribution in [1.82, 2.24) is 25.3 Å². The molecule has 2 aliphatic rings. The molecule has 0 saturated carbocycles. The fourth-order valence-corrected chi connectivity index (χ4v) is 4.00. The second-order valence-electron chi connectivity index (χ2n) is 7.89. The van der Waals surface area contributed by atoms with Gasteiger partial charge < -0.3 is 19.9 Å². The van der Waals surface area contributed by atoms with Crippen molar-refractivity contribution >= 4 is 17.7 Å². The molecule has 5 rings (SSSR count). The van der Waals surface area contributed by atoms with Gasteiger partial charge in [0.2, 0.25) is 5.95 Å². The summed E-state index contributed by atoms with van der Waals surface area (Å²) in [5.74, 6) is 1.44. The number of rotatable bonds is 5. The molecule has 1 N–H and O–H groups in total. The van der Waals surface area contributed by atoms with Gasteiger partial charge in [0, 0.05) is 62.6 Å². The predicted octanol–water partition coefficient (Wildman–Crippen LogP) is 1.78. The Hall–Kier alpha value is -3.59. The lowest BCUT2D eigenvalue weighted by atomic mass is 10.2. The first-order valence-electron chi connectivity index (χ1n) is 10.8.